The van der Waals surface area contributed by atoms with Gasteiger partial charge in [0.1, 0.15) is 5.75 Å². The van der Waals surface area contributed by atoms with E-state index < -0.39 is 0 Å². The lowest BCUT2D eigenvalue weighted by molar-refractivity contribution is 0.202. The molecule has 1 aromatic rings. The van der Waals surface area contributed by atoms with Gasteiger partial charge in [0.25, 0.3) is 0 Å². The third-order valence-corrected chi connectivity index (χ3v) is 3.92. The van der Waals surface area contributed by atoms with Crippen molar-refractivity contribution in [1.82, 2.24) is 4.90 Å². The molecule has 0 amide bonds. The summed E-state index contributed by atoms with van der Waals surface area (Å²) in [5.41, 5.74) is 1.71. The molecule has 0 aliphatic carbocycles. The first-order valence-corrected chi connectivity index (χ1v) is 7.76. The van der Waals surface area contributed by atoms with Crippen LogP contribution < -0.4 is 4.74 Å². The smallest absolute Gasteiger partial charge is 0.123 e. The molecule has 20 heavy (non-hydrogen) atoms. The molecular formula is C18H31NO. The number of rotatable bonds is 7. The molecular weight excluding hydrogens is 246 g/mol. The second kappa shape index (κ2) is 7.68. The Morgan fingerprint density at radius 3 is 2.40 bits per heavy atom. The van der Waals surface area contributed by atoms with Crippen LogP contribution in [-0.4, -0.2) is 25.1 Å². The van der Waals surface area contributed by atoms with Gasteiger partial charge in [0, 0.05) is 11.6 Å². The predicted octanol–water partition coefficient (Wildman–Crippen LogP) is 4.90. The fourth-order valence-electron chi connectivity index (χ4n) is 2.65. The quantitative estimate of drug-likeness (QED) is 0.702. The third kappa shape index (κ3) is 5.16. The fourth-order valence-corrected chi connectivity index (χ4v) is 2.65. The van der Waals surface area contributed by atoms with Crippen molar-refractivity contribution in [3.05, 3.63) is 29.8 Å². The molecule has 0 saturated carbocycles. The van der Waals surface area contributed by atoms with Gasteiger partial charge >= 0.3 is 0 Å². The number of benzene rings is 1. The van der Waals surface area contributed by atoms with E-state index in [4.69, 9.17) is 4.74 Å². The van der Waals surface area contributed by atoms with E-state index in [0.717, 1.165) is 18.8 Å². The number of nitrogens with zero attached hydrogens (tertiary/aromatic N) is 1. The maximum atomic E-state index is 5.49. The number of methoxy groups -OCH3 is 1. The average molecular weight is 277 g/mol. The molecule has 0 fully saturated rings. The minimum absolute atomic E-state index is 0.399. The molecule has 0 spiro atoms. The van der Waals surface area contributed by atoms with Gasteiger partial charge in [-0.25, -0.2) is 0 Å². The Balaban J connectivity index is 2.69. The largest absolute Gasteiger partial charge is 0.496 e. The highest BCUT2D eigenvalue weighted by Gasteiger charge is 2.18. The second-order valence-electron chi connectivity index (χ2n) is 6.71. The van der Waals surface area contributed by atoms with Crippen molar-refractivity contribution in [2.75, 3.05) is 20.2 Å². The number of hydrogen-bond donors (Lipinski definition) is 0. The minimum atomic E-state index is 0.399. The Hall–Kier alpha value is -1.02. The Morgan fingerprint density at radius 2 is 1.85 bits per heavy atom. The van der Waals surface area contributed by atoms with Crippen molar-refractivity contribution in [2.45, 2.75) is 53.5 Å². The summed E-state index contributed by atoms with van der Waals surface area (Å²) < 4.78 is 5.49. The minimum Gasteiger partial charge on any atom is -0.496 e. The van der Waals surface area contributed by atoms with Crippen molar-refractivity contribution in [1.29, 1.82) is 0 Å². The summed E-state index contributed by atoms with van der Waals surface area (Å²) in [7, 11) is 1.75. The molecule has 0 radical (unpaired) electrons. The van der Waals surface area contributed by atoms with Crippen molar-refractivity contribution in [3.8, 4) is 5.75 Å². The summed E-state index contributed by atoms with van der Waals surface area (Å²) >= 11 is 0. The molecule has 114 valence electrons. The van der Waals surface area contributed by atoms with Crippen LogP contribution in [0.5, 0.6) is 5.75 Å². The van der Waals surface area contributed by atoms with Crippen molar-refractivity contribution in [3.63, 3.8) is 0 Å². The van der Waals surface area contributed by atoms with Crippen LogP contribution in [0.1, 0.15) is 59.1 Å². The zero-order valence-electron chi connectivity index (χ0n) is 14.1. The number of para-hydroxylation sites is 1. The van der Waals surface area contributed by atoms with E-state index >= 15 is 0 Å². The van der Waals surface area contributed by atoms with Gasteiger partial charge in [0.15, 0.2) is 0 Å². The molecule has 0 unspecified atom stereocenters. The summed E-state index contributed by atoms with van der Waals surface area (Å²) in [6.07, 6.45) is 2.51. The fraction of sp³-hybridized carbons (Fsp3) is 0.667. The number of ether oxygens (including phenoxy) is 1. The predicted molar refractivity (Wildman–Crippen MR) is 87.3 cm³/mol. The van der Waals surface area contributed by atoms with Gasteiger partial charge in [-0.05, 0) is 44.3 Å². The lowest BCUT2D eigenvalue weighted by Gasteiger charge is -2.30. The zero-order valence-corrected chi connectivity index (χ0v) is 14.1. The highest BCUT2D eigenvalue weighted by Crippen LogP contribution is 2.29. The normalized spacial score (nSPS) is 13.6. The van der Waals surface area contributed by atoms with Crippen LogP contribution in [0.2, 0.25) is 0 Å². The summed E-state index contributed by atoms with van der Waals surface area (Å²) in [4.78, 5) is 2.53. The van der Waals surface area contributed by atoms with Gasteiger partial charge < -0.3 is 4.74 Å². The molecule has 0 N–H and O–H groups in total. The van der Waals surface area contributed by atoms with Crippen molar-refractivity contribution in [2.24, 2.45) is 5.41 Å². The van der Waals surface area contributed by atoms with Crippen molar-refractivity contribution >= 4 is 0 Å². The van der Waals surface area contributed by atoms with Crippen LogP contribution in [0.25, 0.3) is 0 Å². The zero-order chi connectivity index (χ0) is 15.2. The van der Waals surface area contributed by atoms with Crippen LogP contribution in [0, 0.1) is 5.41 Å². The highest BCUT2D eigenvalue weighted by molar-refractivity contribution is 5.35. The van der Waals surface area contributed by atoms with Gasteiger partial charge in [-0.2, -0.15) is 0 Å². The summed E-state index contributed by atoms with van der Waals surface area (Å²) in [5.74, 6) is 0.995. The molecule has 2 heteroatoms. The molecule has 2 nitrogen and oxygen atoms in total. The first-order chi connectivity index (χ1) is 9.39. The van der Waals surface area contributed by atoms with Gasteiger partial charge in [0.05, 0.1) is 7.11 Å². The average Bonchev–Trinajstić information content (AvgIpc) is 2.41. The highest BCUT2D eigenvalue weighted by atomic mass is 16.5. The molecule has 0 aromatic heterocycles. The van der Waals surface area contributed by atoms with Crippen LogP contribution >= 0.6 is 0 Å². The van der Waals surface area contributed by atoms with E-state index in [9.17, 15) is 0 Å². The van der Waals surface area contributed by atoms with Crippen LogP contribution in [0.4, 0.5) is 0 Å². The summed E-state index contributed by atoms with van der Waals surface area (Å²) in [6.45, 7) is 13.7. The third-order valence-electron chi connectivity index (χ3n) is 3.92. The first kappa shape index (κ1) is 17.0. The Bertz CT molecular complexity index is 395. The monoisotopic (exact) mass is 277 g/mol. The summed E-state index contributed by atoms with van der Waals surface area (Å²) in [6, 6.07) is 8.75. The van der Waals surface area contributed by atoms with E-state index in [-0.39, 0.29) is 0 Å². The molecule has 1 aromatic carbocycles. The Morgan fingerprint density at radius 1 is 1.20 bits per heavy atom. The second-order valence-corrected chi connectivity index (χ2v) is 6.71. The van der Waals surface area contributed by atoms with E-state index in [2.05, 4.69) is 57.7 Å². The standard InChI is InChI=1S/C18H31NO/c1-7-19(14-10-13-18(3,4)5)15(2)16-11-8-9-12-17(16)20-6/h8-9,11-12,15H,7,10,13-14H2,1-6H3/t15-/m1/s1. The molecule has 0 aliphatic heterocycles. The lowest BCUT2D eigenvalue weighted by atomic mass is 9.90. The SMILES string of the molecule is CCN(CCCC(C)(C)C)[C@H](C)c1ccccc1OC. The van der Waals surface area contributed by atoms with E-state index in [1.54, 1.807) is 7.11 Å². The molecule has 1 atom stereocenters. The maximum Gasteiger partial charge on any atom is 0.123 e. The first-order valence-electron chi connectivity index (χ1n) is 7.76. The topological polar surface area (TPSA) is 12.5 Å². The van der Waals surface area contributed by atoms with Gasteiger partial charge in [-0.1, -0.05) is 45.9 Å². The van der Waals surface area contributed by atoms with Gasteiger partial charge in [-0.15, -0.1) is 0 Å². The Kier molecular flexibility index (Phi) is 6.54. The van der Waals surface area contributed by atoms with E-state index in [0.29, 0.717) is 11.5 Å². The van der Waals surface area contributed by atoms with E-state index in [1.165, 1.54) is 18.4 Å². The Labute approximate surface area is 125 Å². The molecule has 0 saturated heterocycles. The maximum absolute atomic E-state index is 5.49. The van der Waals surface area contributed by atoms with Crippen LogP contribution in [0.15, 0.2) is 24.3 Å². The lowest BCUT2D eigenvalue weighted by Crippen LogP contribution is -2.28. The molecule has 0 aliphatic rings. The van der Waals surface area contributed by atoms with E-state index in [1.807, 2.05) is 6.07 Å². The summed E-state index contributed by atoms with van der Waals surface area (Å²) in [5, 5.41) is 0. The van der Waals surface area contributed by atoms with Crippen LogP contribution in [0.3, 0.4) is 0 Å². The molecule has 1 rings (SSSR count). The molecule has 0 bridgehead atoms. The van der Waals surface area contributed by atoms with Crippen molar-refractivity contribution < 1.29 is 4.74 Å². The molecule has 0 heterocycles. The number of hydrogen-bond acceptors (Lipinski definition) is 2. The van der Waals surface area contributed by atoms with Crippen LogP contribution in [-0.2, 0) is 0 Å². The van der Waals surface area contributed by atoms with Gasteiger partial charge in [0.2, 0.25) is 0 Å². The van der Waals surface area contributed by atoms with Gasteiger partial charge in [-0.3, -0.25) is 4.90 Å².